The number of hydrogen-bond donors (Lipinski definition) is 1. The fraction of sp³-hybridized carbons (Fsp3) is 0.824. The zero-order valence-electron chi connectivity index (χ0n) is 14.1. The minimum absolute atomic E-state index is 0.0109. The molecule has 2 heterocycles. The highest BCUT2D eigenvalue weighted by Crippen LogP contribution is 2.32. The summed E-state index contributed by atoms with van der Waals surface area (Å²) in [7, 11) is 2.04. The van der Waals surface area contributed by atoms with Gasteiger partial charge in [-0.2, -0.15) is 4.98 Å². The van der Waals surface area contributed by atoms with E-state index in [0.717, 1.165) is 38.1 Å². The molecule has 2 fully saturated rings. The molecule has 0 bridgehead atoms. The molecule has 1 N–H and O–H groups in total. The van der Waals surface area contributed by atoms with E-state index in [-0.39, 0.29) is 11.9 Å². The first-order chi connectivity index (χ1) is 11.2. The summed E-state index contributed by atoms with van der Waals surface area (Å²) in [5, 5.41) is 7.09. The van der Waals surface area contributed by atoms with Crippen LogP contribution in [0.15, 0.2) is 4.52 Å². The van der Waals surface area contributed by atoms with Gasteiger partial charge in [0.05, 0.1) is 6.04 Å². The second kappa shape index (κ2) is 7.90. The van der Waals surface area contributed by atoms with Crippen molar-refractivity contribution in [2.24, 2.45) is 0 Å². The Kier molecular flexibility index (Phi) is 5.65. The lowest BCUT2D eigenvalue weighted by atomic mass is 10.1. The lowest BCUT2D eigenvalue weighted by Gasteiger charge is -2.24. The maximum atomic E-state index is 12.3. The number of aromatic nitrogens is 2. The predicted octanol–water partition coefficient (Wildman–Crippen LogP) is 2.26. The number of rotatable bonds is 5. The highest BCUT2D eigenvalue weighted by Gasteiger charge is 2.25. The smallest absolute Gasteiger partial charge is 0.237 e. The molecule has 1 aromatic rings. The van der Waals surface area contributed by atoms with Crippen LogP contribution >= 0.6 is 0 Å². The summed E-state index contributed by atoms with van der Waals surface area (Å²) in [6.45, 7) is 1.58. The summed E-state index contributed by atoms with van der Waals surface area (Å²) in [5.41, 5.74) is 0. The fourth-order valence-corrected chi connectivity index (χ4v) is 3.71. The van der Waals surface area contributed by atoms with Crippen LogP contribution in [0, 0.1) is 0 Å². The van der Waals surface area contributed by atoms with Gasteiger partial charge in [-0.05, 0) is 39.3 Å². The molecule has 0 radical (unpaired) electrons. The van der Waals surface area contributed by atoms with Crippen LogP contribution in [0.5, 0.6) is 0 Å². The summed E-state index contributed by atoms with van der Waals surface area (Å²) in [6, 6.07) is 0.0109. The van der Waals surface area contributed by atoms with Gasteiger partial charge in [0.15, 0.2) is 5.82 Å². The maximum absolute atomic E-state index is 12.3. The van der Waals surface area contributed by atoms with Gasteiger partial charge in [0.25, 0.3) is 0 Å². The van der Waals surface area contributed by atoms with Gasteiger partial charge in [-0.3, -0.25) is 9.69 Å². The van der Waals surface area contributed by atoms with Crippen molar-refractivity contribution in [1.29, 1.82) is 0 Å². The van der Waals surface area contributed by atoms with Crippen molar-refractivity contribution in [3.05, 3.63) is 11.7 Å². The first kappa shape index (κ1) is 16.4. The molecule has 1 amide bonds. The number of hydrogen-bond acceptors (Lipinski definition) is 5. The van der Waals surface area contributed by atoms with Gasteiger partial charge < -0.3 is 9.84 Å². The van der Waals surface area contributed by atoms with Crippen molar-refractivity contribution in [2.75, 3.05) is 20.1 Å². The molecule has 6 nitrogen and oxygen atoms in total. The first-order valence-electron chi connectivity index (χ1n) is 9.04. The number of carbonyl (C=O) groups is 1. The van der Waals surface area contributed by atoms with E-state index in [4.69, 9.17) is 4.52 Å². The molecule has 0 aromatic carbocycles. The van der Waals surface area contributed by atoms with Crippen molar-refractivity contribution in [3.8, 4) is 0 Å². The number of likely N-dealkylation sites (N-methyl/N-ethyl adjacent to an activating group) is 1. The predicted molar refractivity (Wildman–Crippen MR) is 87.1 cm³/mol. The van der Waals surface area contributed by atoms with Crippen LogP contribution in [0.1, 0.15) is 69.0 Å². The molecule has 128 valence electrons. The van der Waals surface area contributed by atoms with Gasteiger partial charge in [-0.25, -0.2) is 0 Å². The van der Waals surface area contributed by atoms with Crippen molar-refractivity contribution < 1.29 is 9.32 Å². The normalized spacial score (nSPS) is 23.8. The Hall–Kier alpha value is -1.43. The highest BCUT2D eigenvalue weighted by atomic mass is 16.5. The Labute approximate surface area is 138 Å². The van der Waals surface area contributed by atoms with Gasteiger partial charge in [0, 0.05) is 18.9 Å². The van der Waals surface area contributed by atoms with E-state index in [1.54, 1.807) is 0 Å². The molecule has 0 unspecified atom stereocenters. The topological polar surface area (TPSA) is 71.3 Å². The van der Waals surface area contributed by atoms with E-state index >= 15 is 0 Å². The largest absolute Gasteiger partial charge is 0.354 e. The van der Waals surface area contributed by atoms with Crippen molar-refractivity contribution >= 4 is 5.91 Å². The molecule has 1 aliphatic heterocycles. The summed E-state index contributed by atoms with van der Waals surface area (Å²) in [5.74, 6) is 2.08. The molecule has 1 saturated carbocycles. The molecule has 1 atom stereocenters. The summed E-state index contributed by atoms with van der Waals surface area (Å²) in [6.07, 6.45) is 9.97. The Morgan fingerprint density at radius 2 is 2.00 bits per heavy atom. The zero-order chi connectivity index (χ0) is 16.1. The van der Waals surface area contributed by atoms with Crippen LogP contribution in [0.25, 0.3) is 0 Å². The summed E-state index contributed by atoms with van der Waals surface area (Å²) in [4.78, 5) is 19.0. The van der Waals surface area contributed by atoms with Crippen LogP contribution in [-0.4, -0.2) is 47.1 Å². The number of nitrogens with zero attached hydrogens (tertiary/aromatic N) is 3. The number of likely N-dealkylation sites (tertiary alicyclic amines) is 1. The minimum atomic E-state index is 0.0109. The second-order valence-corrected chi connectivity index (χ2v) is 6.92. The third-order valence-electron chi connectivity index (χ3n) is 5.16. The Balaban J connectivity index is 1.44. The number of amides is 1. The summed E-state index contributed by atoms with van der Waals surface area (Å²) >= 11 is 0. The molecule has 1 aliphatic carbocycles. The molecule has 1 aromatic heterocycles. The van der Waals surface area contributed by atoms with E-state index in [2.05, 4.69) is 20.4 Å². The Morgan fingerprint density at radius 3 is 2.83 bits per heavy atom. The minimum Gasteiger partial charge on any atom is -0.354 e. The number of carbonyl (C=O) groups excluding carboxylic acids is 1. The molecular formula is C17H28N4O2. The molecule has 1 saturated heterocycles. The van der Waals surface area contributed by atoms with E-state index in [1.165, 1.54) is 25.7 Å². The third kappa shape index (κ3) is 4.31. The van der Waals surface area contributed by atoms with Gasteiger partial charge in [0.1, 0.15) is 0 Å². The highest BCUT2D eigenvalue weighted by molar-refractivity contribution is 5.81. The van der Waals surface area contributed by atoms with E-state index in [9.17, 15) is 4.79 Å². The molecular weight excluding hydrogens is 292 g/mol. The third-order valence-corrected chi connectivity index (χ3v) is 5.16. The Bertz CT molecular complexity index is 510. The first-order valence-corrected chi connectivity index (χ1v) is 9.04. The van der Waals surface area contributed by atoms with Crippen molar-refractivity contribution in [3.63, 3.8) is 0 Å². The average Bonchev–Trinajstić information content (AvgIpc) is 3.17. The zero-order valence-corrected chi connectivity index (χ0v) is 14.1. The average molecular weight is 320 g/mol. The lowest BCUT2D eigenvalue weighted by molar-refractivity contribution is -0.126. The maximum Gasteiger partial charge on any atom is 0.237 e. The van der Waals surface area contributed by atoms with Crippen LogP contribution < -0.4 is 5.32 Å². The monoisotopic (exact) mass is 320 g/mol. The van der Waals surface area contributed by atoms with E-state index in [1.807, 2.05) is 7.05 Å². The number of nitrogens with one attached hydrogen (secondary N) is 1. The van der Waals surface area contributed by atoms with Gasteiger partial charge >= 0.3 is 0 Å². The second-order valence-electron chi connectivity index (χ2n) is 6.92. The SMILES string of the molecule is CN1CCCCC[C@H]1C(=O)NCCc1noc(C2CCCC2)n1. The summed E-state index contributed by atoms with van der Waals surface area (Å²) < 4.78 is 5.37. The lowest BCUT2D eigenvalue weighted by Crippen LogP contribution is -2.45. The molecule has 2 aliphatic rings. The van der Waals surface area contributed by atoms with Gasteiger partial charge in [-0.15, -0.1) is 0 Å². The van der Waals surface area contributed by atoms with E-state index < -0.39 is 0 Å². The Morgan fingerprint density at radius 1 is 1.22 bits per heavy atom. The van der Waals surface area contributed by atoms with Crippen molar-refractivity contribution in [2.45, 2.75) is 69.7 Å². The van der Waals surface area contributed by atoms with Gasteiger partial charge in [0.2, 0.25) is 11.8 Å². The van der Waals surface area contributed by atoms with Crippen LogP contribution in [0.4, 0.5) is 0 Å². The standard InChI is InChI=1S/C17H28N4O2/c1-21-12-6-2-3-9-14(21)16(22)18-11-10-15-19-17(23-20-15)13-7-4-5-8-13/h13-14H,2-12H2,1H3,(H,18,22)/t14-/m0/s1. The van der Waals surface area contributed by atoms with Crippen LogP contribution in [-0.2, 0) is 11.2 Å². The van der Waals surface area contributed by atoms with Crippen LogP contribution in [0.3, 0.4) is 0 Å². The van der Waals surface area contributed by atoms with Crippen molar-refractivity contribution in [1.82, 2.24) is 20.4 Å². The molecule has 6 heteroatoms. The fourth-order valence-electron chi connectivity index (χ4n) is 3.71. The van der Waals surface area contributed by atoms with Crippen LogP contribution in [0.2, 0.25) is 0 Å². The quantitative estimate of drug-likeness (QED) is 0.901. The molecule has 23 heavy (non-hydrogen) atoms. The molecule has 0 spiro atoms. The molecule has 3 rings (SSSR count). The van der Waals surface area contributed by atoms with Gasteiger partial charge in [-0.1, -0.05) is 30.8 Å². The van der Waals surface area contributed by atoms with E-state index in [0.29, 0.717) is 24.7 Å².